The number of fused-ring (bicyclic) bond motifs is 2. The number of hydrogen-bond donors (Lipinski definition) is 3. The van der Waals surface area contributed by atoms with E-state index >= 15 is 0 Å². The van der Waals surface area contributed by atoms with Crippen molar-refractivity contribution in [3.63, 3.8) is 0 Å². The van der Waals surface area contributed by atoms with Gasteiger partial charge < -0.3 is 15.5 Å². The molecule has 0 saturated carbocycles. The summed E-state index contributed by atoms with van der Waals surface area (Å²) in [6.45, 7) is 0. The maximum absolute atomic E-state index is 14.7. The summed E-state index contributed by atoms with van der Waals surface area (Å²) in [7, 11) is 0. The lowest BCUT2D eigenvalue weighted by Gasteiger charge is -2.09. The summed E-state index contributed by atoms with van der Waals surface area (Å²) in [5.74, 6) is -0.370. The summed E-state index contributed by atoms with van der Waals surface area (Å²) < 4.78 is 19.4. The van der Waals surface area contributed by atoms with E-state index < -0.39 is 6.09 Å². The first kappa shape index (κ1) is 19.4. The number of aromatic nitrogens is 4. The van der Waals surface area contributed by atoms with E-state index in [0.717, 1.165) is 11.1 Å². The van der Waals surface area contributed by atoms with Gasteiger partial charge in [-0.1, -0.05) is 30.3 Å². The summed E-state index contributed by atoms with van der Waals surface area (Å²) in [5.41, 5.74) is 8.58. The van der Waals surface area contributed by atoms with Crippen LogP contribution in [-0.2, 0) is 6.42 Å². The number of carbonyl (C=O) groups excluding carboxylic acids is 1. The number of benzene rings is 3. The van der Waals surface area contributed by atoms with Gasteiger partial charge in [0.1, 0.15) is 5.82 Å². The van der Waals surface area contributed by atoms with Crippen LogP contribution >= 0.6 is 0 Å². The molecular weight excluding hydrogens is 413 g/mol. The minimum absolute atomic E-state index is 0.000433. The van der Waals surface area contributed by atoms with Crippen molar-refractivity contribution in [2.24, 2.45) is 5.73 Å². The van der Waals surface area contributed by atoms with Crippen molar-refractivity contribution in [1.82, 2.24) is 20.2 Å². The molecule has 5 rings (SSSR count). The molecule has 0 bridgehead atoms. The van der Waals surface area contributed by atoms with E-state index in [1.165, 1.54) is 6.07 Å². The highest BCUT2D eigenvalue weighted by atomic mass is 19.1. The Bertz CT molecular complexity index is 1560. The van der Waals surface area contributed by atoms with E-state index in [1.54, 1.807) is 36.4 Å². The lowest BCUT2D eigenvalue weighted by Crippen LogP contribution is -2.16. The van der Waals surface area contributed by atoms with Crippen molar-refractivity contribution in [3.05, 3.63) is 88.1 Å². The van der Waals surface area contributed by atoms with Gasteiger partial charge in [-0.25, -0.2) is 14.3 Å². The van der Waals surface area contributed by atoms with Crippen LogP contribution in [0.25, 0.3) is 32.9 Å². The van der Waals surface area contributed by atoms with Crippen molar-refractivity contribution >= 4 is 27.9 Å². The van der Waals surface area contributed by atoms with E-state index in [9.17, 15) is 14.0 Å². The van der Waals surface area contributed by atoms with Crippen LogP contribution in [0.15, 0.2) is 65.5 Å². The molecule has 0 saturated heterocycles. The second kappa shape index (κ2) is 7.62. The monoisotopic (exact) mass is 429 g/mol. The number of nitrogens with zero attached hydrogens (tertiary/aromatic N) is 2. The molecule has 3 aromatic carbocycles. The van der Waals surface area contributed by atoms with Gasteiger partial charge in [-0.15, -0.1) is 0 Å². The van der Waals surface area contributed by atoms with Crippen LogP contribution < -0.4 is 16.0 Å². The highest BCUT2D eigenvalue weighted by Crippen LogP contribution is 2.28. The summed E-state index contributed by atoms with van der Waals surface area (Å²) >= 11 is 0. The molecule has 8 nitrogen and oxygen atoms in total. The van der Waals surface area contributed by atoms with Crippen LogP contribution in [0.2, 0.25) is 0 Å². The van der Waals surface area contributed by atoms with Gasteiger partial charge in [-0.3, -0.25) is 4.79 Å². The molecule has 32 heavy (non-hydrogen) atoms. The molecule has 158 valence electrons. The number of imidazole rings is 1. The third-order valence-corrected chi connectivity index (χ3v) is 5.17. The maximum Gasteiger partial charge on any atom is 0.412 e. The Labute approximate surface area is 179 Å². The third kappa shape index (κ3) is 3.56. The Balaban J connectivity index is 1.53. The molecule has 2 heterocycles. The molecule has 0 atom stereocenters. The fourth-order valence-corrected chi connectivity index (χ4v) is 3.69. The van der Waals surface area contributed by atoms with Gasteiger partial charge in [0.05, 0.1) is 22.1 Å². The van der Waals surface area contributed by atoms with Gasteiger partial charge in [0.25, 0.3) is 5.56 Å². The lowest BCUT2D eigenvalue weighted by molar-refractivity contribution is 0.207. The van der Waals surface area contributed by atoms with Gasteiger partial charge in [0, 0.05) is 11.8 Å². The number of amides is 1. The van der Waals surface area contributed by atoms with Crippen LogP contribution in [-0.4, -0.2) is 26.3 Å². The number of hydrogen-bond acceptors (Lipinski definition) is 5. The predicted octanol–water partition coefficient (Wildman–Crippen LogP) is 3.65. The Kier molecular flexibility index (Phi) is 4.63. The van der Waals surface area contributed by atoms with E-state index in [4.69, 9.17) is 10.5 Å². The summed E-state index contributed by atoms with van der Waals surface area (Å²) in [6, 6.07) is 17.3. The molecule has 0 fully saturated rings. The summed E-state index contributed by atoms with van der Waals surface area (Å²) in [5, 5.41) is 7.81. The van der Waals surface area contributed by atoms with Crippen molar-refractivity contribution in [3.8, 4) is 17.1 Å². The van der Waals surface area contributed by atoms with Gasteiger partial charge in [0.15, 0.2) is 0 Å². The topological polar surface area (TPSA) is 127 Å². The normalized spacial score (nSPS) is 11.2. The molecule has 0 unspecified atom stereocenters. The molecule has 5 aromatic rings. The number of nitrogens with one attached hydrogen (secondary N) is 2. The number of halogens is 1. The molecular formula is C23H16FN5O3. The number of primary amides is 1. The lowest BCUT2D eigenvalue weighted by atomic mass is 9.98. The predicted molar refractivity (Wildman–Crippen MR) is 117 cm³/mol. The smallest absolute Gasteiger partial charge is 0.376 e. The van der Waals surface area contributed by atoms with Gasteiger partial charge in [-0.05, 0) is 47.0 Å². The Morgan fingerprint density at radius 1 is 1.03 bits per heavy atom. The Hall–Kier alpha value is -4.53. The summed E-state index contributed by atoms with van der Waals surface area (Å²) in [4.78, 5) is 30.0. The maximum atomic E-state index is 14.7. The number of aromatic amines is 2. The van der Waals surface area contributed by atoms with Crippen molar-refractivity contribution in [2.45, 2.75) is 6.42 Å². The van der Waals surface area contributed by atoms with E-state index in [0.29, 0.717) is 33.1 Å². The Morgan fingerprint density at radius 2 is 1.78 bits per heavy atom. The van der Waals surface area contributed by atoms with E-state index in [2.05, 4.69) is 20.2 Å². The first-order valence-corrected chi connectivity index (χ1v) is 9.70. The third-order valence-electron chi connectivity index (χ3n) is 5.17. The molecule has 1 amide bonds. The number of rotatable bonds is 4. The number of ether oxygens (including phenoxy) is 1. The first-order valence-electron chi connectivity index (χ1n) is 9.70. The van der Waals surface area contributed by atoms with E-state index in [-0.39, 0.29) is 23.8 Å². The quantitative estimate of drug-likeness (QED) is 0.402. The highest BCUT2D eigenvalue weighted by molar-refractivity contribution is 5.84. The Morgan fingerprint density at radius 3 is 2.59 bits per heavy atom. The van der Waals surface area contributed by atoms with Crippen molar-refractivity contribution in [1.29, 1.82) is 0 Å². The second-order valence-electron chi connectivity index (χ2n) is 7.22. The molecule has 2 aromatic heterocycles. The fourth-order valence-electron chi connectivity index (χ4n) is 3.69. The SMILES string of the molecule is NC(=O)Oc1nc2ccc(-c3ccc(F)c(Cc4n[nH]c(=O)c5ccccc45)c3)cc2[nH]1. The summed E-state index contributed by atoms with van der Waals surface area (Å²) in [6.07, 6.45) is -0.754. The van der Waals surface area contributed by atoms with Crippen molar-refractivity contribution in [2.75, 3.05) is 0 Å². The van der Waals surface area contributed by atoms with Gasteiger partial charge in [0.2, 0.25) is 0 Å². The van der Waals surface area contributed by atoms with E-state index in [1.807, 2.05) is 18.2 Å². The van der Waals surface area contributed by atoms with Crippen LogP contribution in [0.4, 0.5) is 9.18 Å². The largest absolute Gasteiger partial charge is 0.412 e. The van der Waals surface area contributed by atoms with Crippen molar-refractivity contribution < 1.29 is 13.9 Å². The minimum atomic E-state index is -0.962. The standard InChI is InChI=1S/C23H16FN5O3/c24-17-7-5-12(13-6-8-18-20(10-13)27-23(26-18)32-22(25)31)9-14(17)11-19-15-3-1-2-4-16(15)21(30)29-28-19/h1-10H,11H2,(H2,25,31)(H,26,27)(H,29,30). The molecule has 0 aliphatic heterocycles. The average molecular weight is 429 g/mol. The number of carbonyl (C=O) groups is 1. The molecule has 0 spiro atoms. The number of nitrogens with two attached hydrogens (primary N) is 1. The minimum Gasteiger partial charge on any atom is -0.376 e. The average Bonchev–Trinajstić information content (AvgIpc) is 3.18. The zero-order valence-electron chi connectivity index (χ0n) is 16.6. The fraction of sp³-hybridized carbons (Fsp3) is 0.0435. The van der Waals surface area contributed by atoms with Crippen LogP contribution in [0.1, 0.15) is 11.3 Å². The zero-order chi connectivity index (χ0) is 22.2. The number of H-pyrrole nitrogens is 2. The second-order valence-corrected chi connectivity index (χ2v) is 7.22. The highest BCUT2D eigenvalue weighted by Gasteiger charge is 2.13. The van der Waals surface area contributed by atoms with Crippen LogP contribution in [0.5, 0.6) is 6.01 Å². The zero-order valence-corrected chi connectivity index (χ0v) is 16.6. The van der Waals surface area contributed by atoms with Gasteiger partial charge in [-0.2, -0.15) is 10.1 Å². The molecule has 9 heteroatoms. The molecule has 0 aliphatic rings. The van der Waals surface area contributed by atoms with Crippen LogP contribution in [0, 0.1) is 5.82 Å². The molecule has 4 N–H and O–H groups in total. The van der Waals surface area contributed by atoms with Gasteiger partial charge >= 0.3 is 12.1 Å². The molecule has 0 radical (unpaired) electrons. The first-order chi connectivity index (χ1) is 15.5. The molecule has 0 aliphatic carbocycles. The van der Waals surface area contributed by atoms with Crippen LogP contribution in [0.3, 0.4) is 0 Å².